The van der Waals surface area contributed by atoms with Gasteiger partial charge in [0.15, 0.2) is 0 Å². The van der Waals surface area contributed by atoms with Crippen molar-refractivity contribution in [3.8, 4) is 0 Å². The topological polar surface area (TPSA) is 17.1 Å². The molecule has 0 fully saturated rings. The Morgan fingerprint density at radius 2 is 1.76 bits per heavy atom. The minimum Gasteiger partial charge on any atom is -0.303 e. The third kappa shape index (κ3) is 4.01. The van der Waals surface area contributed by atoms with Crippen LogP contribution in [0.25, 0.3) is 0 Å². The van der Waals surface area contributed by atoms with Crippen molar-refractivity contribution in [3.63, 3.8) is 0 Å². The van der Waals surface area contributed by atoms with Crippen LogP contribution in [-0.4, -0.2) is 6.29 Å². The molecule has 1 radical (unpaired) electrons. The van der Waals surface area contributed by atoms with Crippen LogP contribution in [0.2, 0.25) is 0 Å². The molecule has 2 rings (SSSR count). The lowest BCUT2D eigenvalue weighted by atomic mass is 9.91. The number of aldehydes is 1. The molecule has 0 aliphatic rings. The van der Waals surface area contributed by atoms with E-state index in [1.165, 1.54) is 6.07 Å². The van der Waals surface area contributed by atoms with Crippen LogP contribution in [0.5, 0.6) is 0 Å². The summed E-state index contributed by atoms with van der Waals surface area (Å²) < 4.78 is 15.3. The first-order chi connectivity index (χ1) is 10.0. The summed E-state index contributed by atoms with van der Waals surface area (Å²) in [5.41, 5.74) is 2.46. The van der Waals surface area contributed by atoms with Gasteiger partial charge < -0.3 is 4.79 Å². The molecule has 2 unspecified atom stereocenters. The third-order valence-corrected chi connectivity index (χ3v) is 4.06. The largest absolute Gasteiger partial charge is 0.303 e. The van der Waals surface area contributed by atoms with Crippen LogP contribution in [-0.2, 0) is 4.79 Å². The molecule has 109 valence electrons. The van der Waals surface area contributed by atoms with E-state index in [0.717, 1.165) is 21.9 Å². The molecule has 0 bridgehead atoms. The van der Waals surface area contributed by atoms with Crippen LogP contribution in [0.3, 0.4) is 0 Å². The van der Waals surface area contributed by atoms with E-state index in [1.807, 2.05) is 37.3 Å². The summed E-state index contributed by atoms with van der Waals surface area (Å²) in [6.45, 7) is 3.77. The third-order valence-electron chi connectivity index (χ3n) is 3.53. The van der Waals surface area contributed by atoms with E-state index >= 15 is 0 Å². The molecule has 0 aromatic heterocycles. The van der Waals surface area contributed by atoms with E-state index in [1.54, 1.807) is 19.4 Å². The Labute approximate surface area is 133 Å². The van der Waals surface area contributed by atoms with E-state index in [0.29, 0.717) is 5.56 Å². The highest BCUT2D eigenvalue weighted by Gasteiger charge is 2.14. The molecule has 0 aliphatic heterocycles. The highest BCUT2D eigenvalue weighted by molar-refractivity contribution is 9.10. The van der Waals surface area contributed by atoms with E-state index in [2.05, 4.69) is 15.9 Å². The molecule has 0 saturated carbocycles. The Bertz CT molecular complexity index is 622. The average molecular weight is 348 g/mol. The number of carbonyl (C=O) groups excluding carboxylic acids is 1. The summed E-state index contributed by atoms with van der Waals surface area (Å²) in [5.74, 6) is -0.466. The Hall–Kier alpha value is -1.48. The maximum Gasteiger partial charge on any atom is 0.127 e. The minimum atomic E-state index is -0.239. The van der Waals surface area contributed by atoms with Crippen LogP contribution >= 0.6 is 15.9 Å². The van der Waals surface area contributed by atoms with Crippen LogP contribution in [0.4, 0.5) is 4.39 Å². The second kappa shape index (κ2) is 6.99. The first-order valence-corrected chi connectivity index (χ1v) is 7.65. The van der Waals surface area contributed by atoms with E-state index < -0.39 is 0 Å². The number of halogens is 2. The molecular weight excluding hydrogens is 331 g/mol. The monoisotopic (exact) mass is 347 g/mol. The van der Waals surface area contributed by atoms with Gasteiger partial charge in [0.05, 0.1) is 0 Å². The first kappa shape index (κ1) is 15.9. The highest BCUT2D eigenvalue weighted by atomic mass is 79.9. The summed E-state index contributed by atoms with van der Waals surface area (Å²) in [4.78, 5) is 10.7. The van der Waals surface area contributed by atoms with Crippen molar-refractivity contribution < 1.29 is 9.18 Å². The Morgan fingerprint density at radius 3 is 2.33 bits per heavy atom. The second-order valence-corrected chi connectivity index (χ2v) is 6.13. The van der Waals surface area contributed by atoms with Gasteiger partial charge in [-0.15, -0.1) is 0 Å². The van der Waals surface area contributed by atoms with Gasteiger partial charge >= 0.3 is 0 Å². The smallest absolute Gasteiger partial charge is 0.127 e. The van der Waals surface area contributed by atoms with Gasteiger partial charge in [-0.25, -0.2) is 4.39 Å². The SMILES string of the molecule is CC([CH]c1ccc(C(C)c2ccc(Br)cc2)c(F)c1)C=O. The van der Waals surface area contributed by atoms with E-state index in [4.69, 9.17) is 0 Å². The molecule has 2 atom stereocenters. The first-order valence-electron chi connectivity index (χ1n) is 6.86. The average Bonchev–Trinajstić information content (AvgIpc) is 2.47. The van der Waals surface area contributed by atoms with Crippen LogP contribution in [0.1, 0.15) is 36.5 Å². The summed E-state index contributed by atoms with van der Waals surface area (Å²) in [7, 11) is 0. The summed E-state index contributed by atoms with van der Waals surface area (Å²) in [5, 5.41) is 0. The lowest BCUT2D eigenvalue weighted by Gasteiger charge is -2.15. The second-order valence-electron chi connectivity index (χ2n) is 5.22. The number of carbonyl (C=O) groups is 1. The quantitative estimate of drug-likeness (QED) is 0.685. The standard InChI is InChI=1S/C18H17BrFO/c1-12(11-21)9-14-3-8-17(18(20)10-14)13(2)15-4-6-16(19)7-5-15/h3-13H,1-2H3. The van der Waals surface area contributed by atoms with Crippen molar-refractivity contribution in [2.45, 2.75) is 19.8 Å². The molecule has 0 aliphatic carbocycles. The Balaban J connectivity index is 2.23. The maximum absolute atomic E-state index is 14.3. The highest BCUT2D eigenvalue weighted by Crippen LogP contribution is 2.28. The molecule has 0 heterocycles. The summed E-state index contributed by atoms with van der Waals surface area (Å²) in [6, 6.07) is 13.0. The van der Waals surface area contributed by atoms with Crippen LogP contribution in [0.15, 0.2) is 46.9 Å². The van der Waals surface area contributed by atoms with E-state index in [9.17, 15) is 9.18 Å². The normalized spacial score (nSPS) is 13.7. The zero-order chi connectivity index (χ0) is 15.4. The van der Waals surface area contributed by atoms with Gasteiger partial charge in [-0.2, -0.15) is 0 Å². The number of hydrogen-bond donors (Lipinski definition) is 0. The van der Waals surface area contributed by atoms with Gasteiger partial charge in [-0.05, 0) is 34.9 Å². The Morgan fingerprint density at radius 1 is 1.10 bits per heavy atom. The fourth-order valence-electron chi connectivity index (χ4n) is 2.27. The molecule has 2 aromatic carbocycles. The van der Waals surface area contributed by atoms with Crippen molar-refractivity contribution >= 4 is 22.2 Å². The van der Waals surface area contributed by atoms with Crippen LogP contribution < -0.4 is 0 Å². The number of benzene rings is 2. The molecule has 0 amide bonds. The molecule has 21 heavy (non-hydrogen) atoms. The molecule has 0 saturated heterocycles. The maximum atomic E-state index is 14.3. The summed E-state index contributed by atoms with van der Waals surface area (Å²) >= 11 is 3.40. The zero-order valence-corrected chi connectivity index (χ0v) is 13.6. The lowest BCUT2D eigenvalue weighted by Crippen LogP contribution is -2.02. The fraction of sp³-hybridized carbons (Fsp3) is 0.222. The number of hydrogen-bond acceptors (Lipinski definition) is 1. The summed E-state index contributed by atoms with van der Waals surface area (Å²) in [6.07, 6.45) is 2.60. The molecular formula is C18H17BrFO. The molecule has 0 spiro atoms. The van der Waals surface area contributed by atoms with E-state index in [-0.39, 0.29) is 17.7 Å². The van der Waals surface area contributed by atoms with Gasteiger partial charge in [-0.1, -0.05) is 54.0 Å². The van der Waals surface area contributed by atoms with Crippen molar-refractivity contribution in [1.82, 2.24) is 0 Å². The number of rotatable bonds is 5. The van der Waals surface area contributed by atoms with Gasteiger partial charge in [0, 0.05) is 22.7 Å². The van der Waals surface area contributed by atoms with Crippen molar-refractivity contribution in [1.29, 1.82) is 0 Å². The van der Waals surface area contributed by atoms with Crippen LogP contribution in [0, 0.1) is 18.2 Å². The molecule has 1 nitrogen and oxygen atoms in total. The Kier molecular flexibility index (Phi) is 5.29. The fourth-order valence-corrected chi connectivity index (χ4v) is 2.54. The molecule has 2 aromatic rings. The van der Waals surface area contributed by atoms with Gasteiger partial charge in [0.25, 0.3) is 0 Å². The van der Waals surface area contributed by atoms with Crippen molar-refractivity contribution in [2.75, 3.05) is 0 Å². The lowest BCUT2D eigenvalue weighted by molar-refractivity contribution is -0.109. The zero-order valence-electron chi connectivity index (χ0n) is 12.0. The minimum absolute atomic E-state index is 0.0179. The molecule has 3 heteroatoms. The van der Waals surface area contributed by atoms with Gasteiger partial charge in [0.2, 0.25) is 0 Å². The molecule has 0 N–H and O–H groups in total. The van der Waals surface area contributed by atoms with Crippen molar-refractivity contribution in [2.24, 2.45) is 5.92 Å². The van der Waals surface area contributed by atoms with Crippen molar-refractivity contribution in [3.05, 3.63) is 75.9 Å². The van der Waals surface area contributed by atoms with Gasteiger partial charge in [-0.3, -0.25) is 0 Å². The van der Waals surface area contributed by atoms with Gasteiger partial charge in [0.1, 0.15) is 12.1 Å². The predicted octanol–water partition coefficient (Wildman–Crippen LogP) is 5.13. The predicted molar refractivity (Wildman–Crippen MR) is 86.7 cm³/mol.